The average Bonchev–Trinajstić information content (AvgIpc) is 2.56. The summed E-state index contributed by atoms with van der Waals surface area (Å²) in [5.74, 6) is 0. The van der Waals surface area contributed by atoms with Crippen molar-refractivity contribution < 1.29 is 0 Å². The highest BCUT2D eigenvalue weighted by Crippen LogP contribution is 2.19. The fraction of sp³-hybridized carbons (Fsp3) is 0. The van der Waals surface area contributed by atoms with E-state index in [0.29, 0.717) is 0 Å². The van der Waals surface area contributed by atoms with Gasteiger partial charge in [0.25, 0.3) is 0 Å². The van der Waals surface area contributed by atoms with Crippen molar-refractivity contribution in [2.24, 2.45) is 0 Å². The minimum atomic E-state index is 0.880. The first-order valence-corrected chi connectivity index (χ1v) is 3.97. The fourth-order valence-corrected chi connectivity index (χ4v) is 1.45. The highest BCUT2D eigenvalue weighted by atomic mass is 14.9. The van der Waals surface area contributed by atoms with E-state index in [4.69, 9.17) is 0 Å². The Bertz CT molecular complexity index is 519. The Morgan fingerprint density at radius 1 is 1.08 bits per heavy atom. The average molecular weight is 170 g/mol. The van der Waals surface area contributed by atoms with E-state index in [1.54, 1.807) is 12.4 Å². The van der Waals surface area contributed by atoms with Gasteiger partial charge in [0.1, 0.15) is 17.4 Å². The van der Waals surface area contributed by atoms with Gasteiger partial charge in [0.2, 0.25) is 0 Å². The van der Waals surface area contributed by atoms with Gasteiger partial charge < -0.3 is 4.98 Å². The molecule has 13 heavy (non-hydrogen) atoms. The largest absolute Gasteiger partial charge is 0.351 e. The molecule has 0 unspecified atom stereocenters. The van der Waals surface area contributed by atoms with E-state index < -0.39 is 0 Å². The molecular weight excluding hydrogens is 164 g/mol. The lowest BCUT2D eigenvalue weighted by Crippen LogP contribution is -1.77. The molecule has 0 amide bonds. The molecule has 0 aromatic carbocycles. The van der Waals surface area contributed by atoms with Crippen LogP contribution in [0.25, 0.3) is 22.1 Å². The lowest BCUT2D eigenvalue weighted by atomic mass is 10.3. The number of rotatable bonds is 0. The van der Waals surface area contributed by atoms with Crippen molar-refractivity contribution in [3.05, 3.63) is 30.9 Å². The van der Waals surface area contributed by atoms with Gasteiger partial charge in [0, 0.05) is 6.20 Å². The van der Waals surface area contributed by atoms with Crippen LogP contribution in [0.2, 0.25) is 0 Å². The summed E-state index contributed by atoms with van der Waals surface area (Å²) in [5.41, 5.74) is 3.71. The molecule has 0 saturated heterocycles. The minimum absolute atomic E-state index is 0.880. The molecule has 0 atom stereocenters. The second kappa shape index (κ2) is 2.26. The molecule has 3 aromatic rings. The maximum absolute atomic E-state index is 4.25. The smallest absolute Gasteiger partial charge is 0.118 e. The standard InChI is InChI=1S/C9H6N4/c1-2-6-8(11-3-1)9-7(13-6)4-10-5-12-9/h1-5,13H. The second-order valence-electron chi connectivity index (χ2n) is 2.81. The van der Waals surface area contributed by atoms with Crippen LogP contribution in [0.1, 0.15) is 0 Å². The van der Waals surface area contributed by atoms with Gasteiger partial charge in [0.05, 0.1) is 17.2 Å². The monoisotopic (exact) mass is 170 g/mol. The van der Waals surface area contributed by atoms with Gasteiger partial charge in [-0.2, -0.15) is 0 Å². The van der Waals surface area contributed by atoms with Crippen LogP contribution in [0.5, 0.6) is 0 Å². The van der Waals surface area contributed by atoms with Crippen molar-refractivity contribution >= 4 is 22.1 Å². The van der Waals surface area contributed by atoms with Crippen LogP contribution in [-0.2, 0) is 0 Å². The van der Waals surface area contributed by atoms with Crippen LogP contribution in [-0.4, -0.2) is 19.9 Å². The van der Waals surface area contributed by atoms with E-state index in [2.05, 4.69) is 19.9 Å². The van der Waals surface area contributed by atoms with Crippen molar-refractivity contribution in [3.63, 3.8) is 0 Å². The van der Waals surface area contributed by atoms with E-state index >= 15 is 0 Å². The molecule has 0 aliphatic carbocycles. The predicted molar refractivity (Wildman–Crippen MR) is 49.2 cm³/mol. The zero-order valence-corrected chi connectivity index (χ0v) is 6.73. The third kappa shape index (κ3) is 0.823. The zero-order valence-electron chi connectivity index (χ0n) is 6.73. The molecule has 0 saturated carbocycles. The maximum atomic E-state index is 4.25. The summed E-state index contributed by atoms with van der Waals surface area (Å²) in [5, 5.41) is 0. The lowest BCUT2D eigenvalue weighted by Gasteiger charge is -1.85. The zero-order chi connectivity index (χ0) is 8.67. The Kier molecular flexibility index (Phi) is 1.14. The number of fused-ring (bicyclic) bond motifs is 3. The van der Waals surface area contributed by atoms with Gasteiger partial charge in [0.15, 0.2) is 0 Å². The van der Waals surface area contributed by atoms with Gasteiger partial charge in [-0.1, -0.05) is 0 Å². The lowest BCUT2D eigenvalue weighted by molar-refractivity contribution is 1.22. The van der Waals surface area contributed by atoms with Crippen molar-refractivity contribution in [2.45, 2.75) is 0 Å². The number of hydrogen-bond donors (Lipinski definition) is 1. The number of pyridine rings is 1. The Balaban J connectivity index is 2.64. The summed E-state index contributed by atoms with van der Waals surface area (Å²) >= 11 is 0. The quantitative estimate of drug-likeness (QED) is 0.556. The molecule has 0 radical (unpaired) electrons. The molecule has 0 aliphatic rings. The van der Waals surface area contributed by atoms with Gasteiger partial charge in [-0.15, -0.1) is 0 Å². The molecule has 0 bridgehead atoms. The number of aromatic nitrogens is 4. The summed E-state index contributed by atoms with van der Waals surface area (Å²) in [6.07, 6.45) is 5.05. The summed E-state index contributed by atoms with van der Waals surface area (Å²) in [7, 11) is 0. The predicted octanol–water partition coefficient (Wildman–Crippen LogP) is 1.51. The number of nitrogens with zero attached hydrogens (tertiary/aromatic N) is 3. The molecule has 4 nitrogen and oxygen atoms in total. The number of hydrogen-bond acceptors (Lipinski definition) is 3. The molecule has 3 aromatic heterocycles. The molecule has 0 fully saturated rings. The van der Waals surface area contributed by atoms with Crippen molar-refractivity contribution in [1.82, 2.24) is 19.9 Å². The van der Waals surface area contributed by atoms with Crippen molar-refractivity contribution in [3.8, 4) is 0 Å². The number of nitrogens with one attached hydrogen (secondary N) is 1. The molecule has 3 heterocycles. The van der Waals surface area contributed by atoms with Gasteiger partial charge in [-0.25, -0.2) is 9.97 Å². The number of aromatic amines is 1. The van der Waals surface area contributed by atoms with E-state index in [1.807, 2.05) is 12.1 Å². The first-order valence-electron chi connectivity index (χ1n) is 3.97. The Labute approximate surface area is 73.7 Å². The van der Waals surface area contributed by atoms with E-state index in [-0.39, 0.29) is 0 Å². The molecule has 1 N–H and O–H groups in total. The Morgan fingerprint density at radius 2 is 2.00 bits per heavy atom. The van der Waals surface area contributed by atoms with E-state index in [1.165, 1.54) is 6.33 Å². The summed E-state index contributed by atoms with van der Waals surface area (Å²) in [6, 6.07) is 3.87. The third-order valence-corrected chi connectivity index (χ3v) is 2.01. The molecule has 62 valence electrons. The summed E-state index contributed by atoms with van der Waals surface area (Å²) < 4.78 is 0. The molecule has 3 rings (SSSR count). The van der Waals surface area contributed by atoms with Crippen molar-refractivity contribution in [1.29, 1.82) is 0 Å². The van der Waals surface area contributed by atoms with Crippen molar-refractivity contribution in [2.75, 3.05) is 0 Å². The fourth-order valence-electron chi connectivity index (χ4n) is 1.45. The Morgan fingerprint density at radius 3 is 3.00 bits per heavy atom. The molecular formula is C9H6N4. The van der Waals surface area contributed by atoms with Gasteiger partial charge in [-0.3, -0.25) is 4.98 Å². The first kappa shape index (κ1) is 6.54. The van der Waals surface area contributed by atoms with Gasteiger partial charge >= 0.3 is 0 Å². The van der Waals surface area contributed by atoms with Crippen LogP contribution in [0.4, 0.5) is 0 Å². The van der Waals surface area contributed by atoms with Crippen LogP contribution in [0, 0.1) is 0 Å². The third-order valence-electron chi connectivity index (χ3n) is 2.01. The SMILES string of the molecule is c1cnc2c(c1)[nH]c1cncnc12. The Hall–Kier alpha value is -1.97. The van der Waals surface area contributed by atoms with Crippen LogP contribution >= 0.6 is 0 Å². The first-order chi connectivity index (χ1) is 6.45. The van der Waals surface area contributed by atoms with E-state index in [9.17, 15) is 0 Å². The summed E-state index contributed by atoms with van der Waals surface area (Å²) in [6.45, 7) is 0. The molecule has 0 aliphatic heterocycles. The molecule has 0 spiro atoms. The molecule has 4 heteroatoms. The normalized spacial score (nSPS) is 11.1. The van der Waals surface area contributed by atoms with Crippen LogP contribution in [0.15, 0.2) is 30.9 Å². The van der Waals surface area contributed by atoms with Crippen LogP contribution in [0.3, 0.4) is 0 Å². The van der Waals surface area contributed by atoms with E-state index in [0.717, 1.165) is 22.1 Å². The number of H-pyrrole nitrogens is 1. The minimum Gasteiger partial charge on any atom is -0.351 e. The summed E-state index contributed by atoms with van der Waals surface area (Å²) in [4.78, 5) is 15.5. The van der Waals surface area contributed by atoms with Gasteiger partial charge in [-0.05, 0) is 12.1 Å². The highest BCUT2D eigenvalue weighted by Gasteiger charge is 2.03. The topological polar surface area (TPSA) is 54.5 Å². The maximum Gasteiger partial charge on any atom is 0.118 e. The highest BCUT2D eigenvalue weighted by molar-refractivity contribution is 6.01. The second-order valence-corrected chi connectivity index (χ2v) is 2.81. The van der Waals surface area contributed by atoms with Crippen LogP contribution < -0.4 is 0 Å².